The molecule has 0 amide bonds. The summed E-state index contributed by atoms with van der Waals surface area (Å²) in [4.78, 5) is 21.6. The lowest BCUT2D eigenvalue weighted by molar-refractivity contribution is 0.306. The molecule has 4 aromatic carbocycles. The third-order valence-corrected chi connectivity index (χ3v) is 7.38. The number of pyridine rings is 1. The zero-order valence-corrected chi connectivity index (χ0v) is 24.7. The molecule has 0 radical (unpaired) electrons. The molecule has 210 valence electrons. The molecule has 0 spiro atoms. The number of imidazole rings is 1. The maximum Gasteiger partial charge on any atom is 0.164 e. The Balaban J connectivity index is 1.21. The van der Waals surface area contributed by atoms with Gasteiger partial charge in [0.25, 0.3) is 0 Å². The maximum absolute atomic E-state index is 6.38. The van der Waals surface area contributed by atoms with Gasteiger partial charge < -0.3 is 19.8 Å². The molecule has 9 heteroatoms. The Morgan fingerprint density at radius 1 is 0.814 bits per heavy atom. The predicted molar refractivity (Wildman–Crippen MR) is 172 cm³/mol. The van der Waals surface area contributed by atoms with E-state index in [1.54, 1.807) is 0 Å². The van der Waals surface area contributed by atoms with E-state index < -0.39 is 0 Å². The van der Waals surface area contributed by atoms with Gasteiger partial charge in [0.15, 0.2) is 11.4 Å². The van der Waals surface area contributed by atoms with E-state index in [0.717, 1.165) is 49.3 Å². The number of benzene rings is 4. The van der Waals surface area contributed by atoms with Crippen molar-refractivity contribution in [2.24, 2.45) is 0 Å². The van der Waals surface area contributed by atoms with Gasteiger partial charge in [-0.3, -0.25) is 0 Å². The molecule has 2 N–H and O–H groups in total. The highest BCUT2D eigenvalue weighted by Gasteiger charge is 2.14. The minimum Gasteiger partial charge on any atom is -0.489 e. The lowest BCUT2D eigenvalue weighted by Crippen LogP contribution is -2.00. The molecule has 7 aromatic rings. The van der Waals surface area contributed by atoms with Crippen molar-refractivity contribution >= 4 is 49.5 Å². The zero-order valence-electron chi connectivity index (χ0n) is 23.1. The Bertz CT molecular complexity index is 2060. The van der Waals surface area contributed by atoms with Crippen LogP contribution in [0.25, 0.3) is 33.5 Å². The van der Waals surface area contributed by atoms with Crippen LogP contribution < -0.4 is 14.8 Å². The smallest absolute Gasteiger partial charge is 0.164 e. The summed E-state index contributed by atoms with van der Waals surface area (Å²) in [5.41, 5.74) is 6.03. The minimum absolute atomic E-state index is 0.497. The number of aromatic nitrogens is 5. The number of nitrogens with one attached hydrogen (secondary N) is 2. The van der Waals surface area contributed by atoms with E-state index in [4.69, 9.17) is 14.5 Å². The Kier molecular flexibility index (Phi) is 7.14. The second-order valence-corrected chi connectivity index (χ2v) is 10.9. The molecule has 0 bridgehead atoms. The number of H-pyrrole nitrogens is 1. The van der Waals surface area contributed by atoms with E-state index in [-0.39, 0.29) is 0 Å². The number of aryl methyl sites for hydroxylation is 1. The van der Waals surface area contributed by atoms with Crippen LogP contribution in [0.5, 0.6) is 17.2 Å². The molecule has 8 nitrogen and oxygen atoms in total. The minimum atomic E-state index is 0.497. The molecule has 7 rings (SSSR count). The van der Waals surface area contributed by atoms with Crippen molar-refractivity contribution in [2.45, 2.75) is 13.5 Å². The Morgan fingerprint density at radius 3 is 2.51 bits per heavy atom. The van der Waals surface area contributed by atoms with Gasteiger partial charge in [0.2, 0.25) is 0 Å². The summed E-state index contributed by atoms with van der Waals surface area (Å²) < 4.78 is 13.3. The third kappa shape index (κ3) is 5.89. The van der Waals surface area contributed by atoms with Crippen molar-refractivity contribution in [2.75, 3.05) is 5.32 Å². The summed E-state index contributed by atoms with van der Waals surface area (Å²) in [6, 6.07) is 33.4. The second-order valence-electron chi connectivity index (χ2n) is 9.98. The quantitative estimate of drug-likeness (QED) is 0.173. The van der Waals surface area contributed by atoms with E-state index in [0.29, 0.717) is 35.3 Å². The Hall–Kier alpha value is -5.28. The van der Waals surface area contributed by atoms with E-state index in [9.17, 15) is 0 Å². The number of anilines is 2. The second kappa shape index (κ2) is 11.5. The fourth-order valence-electron chi connectivity index (χ4n) is 4.72. The molecule has 0 aliphatic heterocycles. The van der Waals surface area contributed by atoms with E-state index in [1.807, 2.05) is 110 Å². The van der Waals surface area contributed by atoms with Crippen molar-refractivity contribution in [1.29, 1.82) is 0 Å². The highest BCUT2D eigenvalue weighted by atomic mass is 79.9. The lowest BCUT2D eigenvalue weighted by Gasteiger charge is -2.15. The monoisotopic (exact) mass is 628 g/mol. The third-order valence-electron chi connectivity index (χ3n) is 6.89. The van der Waals surface area contributed by atoms with Crippen LogP contribution in [-0.4, -0.2) is 24.9 Å². The summed E-state index contributed by atoms with van der Waals surface area (Å²) >= 11 is 3.54. The number of halogens is 1. The fraction of sp³-hybridized carbons (Fsp3) is 0.0588. The van der Waals surface area contributed by atoms with Gasteiger partial charge in [-0.1, -0.05) is 46.3 Å². The number of hydrogen-bond donors (Lipinski definition) is 2. The SMILES string of the molecule is Cc1ccc2c(Nc3cc(-c4nc5ccc(Br)cc5[nH]4)ccc3Oc3ccc(OCc4ccccc4)cc3)ncnc2n1. The van der Waals surface area contributed by atoms with Crippen molar-refractivity contribution < 1.29 is 9.47 Å². The first kappa shape index (κ1) is 26.6. The summed E-state index contributed by atoms with van der Waals surface area (Å²) in [5, 5.41) is 4.27. The first-order valence-corrected chi connectivity index (χ1v) is 14.5. The molecule has 0 saturated heterocycles. The molecule has 0 unspecified atom stereocenters. The molecule has 0 saturated carbocycles. The number of ether oxygens (including phenoxy) is 2. The zero-order chi connectivity index (χ0) is 29.2. The van der Waals surface area contributed by atoms with Gasteiger partial charge in [0.1, 0.15) is 36.1 Å². The number of rotatable bonds is 8. The van der Waals surface area contributed by atoms with Crippen molar-refractivity contribution in [3.8, 4) is 28.6 Å². The maximum atomic E-state index is 6.38. The van der Waals surface area contributed by atoms with E-state index in [1.165, 1.54) is 6.33 Å². The van der Waals surface area contributed by atoms with Crippen molar-refractivity contribution in [3.05, 3.63) is 125 Å². The van der Waals surface area contributed by atoms with Crippen molar-refractivity contribution in [3.63, 3.8) is 0 Å². The van der Waals surface area contributed by atoms with Gasteiger partial charge in [-0.15, -0.1) is 0 Å². The van der Waals surface area contributed by atoms with Gasteiger partial charge in [-0.25, -0.2) is 19.9 Å². The molecule has 43 heavy (non-hydrogen) atoms. The topological polar surface area (TPSA) is 97.8 Å². The summed E-state index contributed by atoms with van der Waals surface area (Å²) in [7, 11) is 0. The molecule has 3 heterocycles. The molecular weight excluding hydrogens is 604 g/mol. The lowest BCUT2D eigenvalue weighted by atomic mass is 10.1. The molecule has 0 aliphatic rings. The van der Waals surface area contributed by atoms with Crippen molar-refractivity contribution in [1.82, 2.24) is 24.9 Å². The van der Waals surface area contributed by atoms with Gasteiger partial charge in [0.05, 0.1) is 22.1 Å². The first-order chi connectivity index (χ1) is 21.1. The van der Waals surface area contributed by atoms with Crippen LogP contribution in [0.15, 0.2) is 114 Å². The van der Waals surface area contributed by atoms with Gasteiger partial charge in [0, 0.05) is 15.7 Å². The van der Waals surface area contributed by atoms with Gasteiger partial charge in [-0.05, 0) is 85.3 Å². The van der Waals surface area contributed by atoms with Crippen LogP contribution in [0.3, 0.4) is 0 Å². The van der Waals surface area contributed by atoms with Crippen LogP contribution in [0.4, 0.5) is 11.5 Å². The largest absolute Gasteiger partial charge is 0.489 e. The van der Waals surface area contributed by atoms with Gasteiger partial charge in [-0.2, -0.15) is 0 Å². The highest BCUT2D eigenvalue weighted by Crippen LogP contribution is 2.37. The number of hydrogen-bond acceptors (Lipinski definition) is 7. The fourth-order valence-corrected chi connectivity index (χ4v) is 5.08. The van der Waals surface area contributed by atoms with Crippen LogP contribution in [-0.2, 0) is 6.61 Å². The summed E-state index contributed by atoms with van der Waals surface area (Å²) in [5.74, 6) is 3.41. The van der Waals surface area contributed by atoms with Crippen LogP contribution in [0, 0.1) is 6.92 Å². The number of aromatic amines is 1. The molecule has 3 aromatic heterocycles. The van der Waals surface area contributed by atoms with Crippen LogP contribution >= 0.6 is 15.9 Å². The van der Waals surface area contributed by atoms with Gasteiger partial charge >= 0.3 is 0 Å². The number of nitrogens with zero attached hydrogens (tertiary/aromatic N) is 4. The molecule has 0 aliphatic carbocycles. The van der Waals surface area contributed by atoms with E-state index in [2.05, 4.69) is 41.2 Å². The predicted octanol–water partition coefficient (Wildman–Crippen LogP) is 8.75. The molecular formula is C34H25BrN6O2. The normalized spacial score (nSPS) is 11.1. The molecule has 0 fully saturated rings. The van der Waals surface area contributed by atoms with Crippen LogP contribution in [0.1, 0.15) is 11.3 Å². The summed E-state index contributed by atoms with van der Waals surface area (Å²) in [6.45, 7) is 2.44. The Labute approximate surface area is 255 Å². The number of fused-ring (bicyclic) bond motifs is 2. The van der Waals surface area contributed by atoms with E-state index >= 15 is 0 Å². The standard InChI is InChI=1S/C34H25BrN6O2/c1-21-7-14-27-33(38-21)36-20-37-34(27)41-30-17-23(32-39-28-15-9-24(35)18-29(28)40-32)8-16-31(30)43-26-12-10-25(11-13-26)42-19-22-5-3-2-4-6-22/h2-18,20H,19H2,1H3,(H,39,40)(H,36,37,38,41). The van der Waals surface area contributed by atoms with Crippen LogP contribution in [0.2, 0.25) is 0 Å². The highest BCUT2D eigenvalue weighted by molar-refractivity contribution is 9.10. The molecule has 0 atom stereocenters. The Morgan fingerprint density at radius 2 is 1.65 bits per heavy atom. The average Bonchev–Trinajstić information content (AvgIpc) is 3.45. The summed E-state index contributed by atoms with van der Waals surface area (Å²) in [6.07, 6.45) is 1.51. The first-order valence-electron chi connectivity index (χ1n) is 13.7. The average molecular weight is 630 g/mol.